The summed E-state index contributed by atoms with van der Waals surface area (Å²) < 4.78 is 31.7. The van der Waals surface area contributed by atoms with Gasteiger partial charge in [-0.2, -0.15) is 0 Å². The Morgan fingerprint density at radius 1 is 1.17 bits per heavy atom. The van der Waals surface area contributed by atoms with E-state index in [2.05, 4.69) is 5.32 Å². The Labute approximate surface area is 213 Å². The van der Waals surface area contributed by atoms with Crippen molar-refractivity contribution in [3.05, 3.63) is 58.6 Å². The van der Waals surface area contributed by atoms with Gasteiger partial charge in [-0.3, -0.25) is 13.9 Å². The number of hydrogen-bond donors (Lipinski definition) is 1. The maximum absolute atomic E-state index is 13.6. The van der Waals surface area contributed by atoms with Crippen molar-refractivity contribution in [3.8, 4) is 5.75 Å². The molecule has 2 aromatic rings. The zero-order valence-corrected chi connectivity index (χ0v) is 22.4. The molecule has 2 aromatic carbocycles. The van der Waals surface area contributed by atoms with E-state index >= 15 is 0 Å². The molecule has 192 valence electrons. The standard InChI is InChI=1S/C25H34ClN3O5S/c1-6-7-13-27-25(31)19(3)28(16-20-9-8-10-22(14-20)34-4)24(30)17-29(35(5,32)33)23-15-21(26)12-11-18(23)2/h8-12,14-15,19H,6-7,13,16-17H2,1-5H3,(H,27,31)/t19-/m1/s1. The Morgan fingerprint density at radius 3 is 2.51 bits per heavy atom. The molecule has 2 rings (SSSR count). The number of halogens is 1. The molecule has 0 spiro atoms. The van der Waals surface area contributed by atoms with E-state index < -0.39 is 28.5 Å². The van der Waals surface area contributed by atoms with Crippen molar-refractivity contribution < 1.29 is 22.7 Å². The molecule has 35 heavy (non-hydrogen) atoms. The Morgan fingerprint density at radius 2 is 1.89 bits per heavy atom. The van der Waals surface area contributed by atoms with Gasteiger partial charge in [-0.1, -0.05) is 43.1 Å². The molecule has 0 fully saturated rings. The van der Waals surface area contributed by atoms with E-state index in [1.54, 1.807) is 51.3 Å². The summed E-state index contributed by atoms with van der Waals surface area (Å²) in [5.74, 6) is -0.211. The Kier molecular flexibility index (Phi) is 10.4. The predicted octanol–water partition coefficient (Wildman–Crippen LogP) is 3.76. The number of methoxy groups -OCH3 is 1. The van der Waals surface area contributed by atoms with Crippen molar-refractivity contribution in [2.75, 3.05) is 30.8 Å². The zero-order valence-electron chi connectivity index (χ0n) is 20.9. The van der Waals surface area contributed by atoms with E-state index in [9.17, 15) is 18.0 Å². The van der Waals surface area contributed by atoms with Gasteiger partial charge in [-0.25, -0.2) is 8.42 Å². The number of nitrogens with zero attached hydrogens (tertiary/aromatic N) is 2. The first kappa shape index (κ1) is 28.5. The molecule has 1 atom stereocenters. The smallest absolute Gasteiger partial charge is 0.244 e. The third-order valence-corrected chi connectivity index (χ3v) is 6.96. The lowest BCUT2D eigenvalue weighted by molar-refractivity contribution is -0.139. The molecule has 0 radical (unpaired) electrons. The van der Waals surface area contributed by atoms with Gasteiger partial charge in [0.1, 0.15) is 18.3 Å². The molecule has 0 saturated carbocycles. The molecule has 8 nitrogen and oxygen atoms in total. The number of aryl methyl sites for hydroxylation is 1. The van der Waals surface area contributed by atoms with Crippen LogP contribution >= 0.6 is 11.6 Å². The number of rotatable bonds is 12. The highest BCUT2D eigenvalue weighted by Crippen LogP contribution is 2.27. The Hall–Kier alpha value is -2.78. The van der Waals surface area contributed by atoms with Gasteiger partial charge < -0.3 is 15.0 Å². The quantitative estimate of drug-likeness (QED) is 0.427. The molecule has 0 unspecified atom stereocenters. The lowest BCUT2D eigenvalue weighted by atomic mass is 10.1. The highest BCUT2D eigenvalue weighted by atomic mass is 35.5. The van der Waals surface area contributed by atoms with Crippen molar-refractivity contribution in [3.63, 3.8) is 0 Å². The van der Waals surface area contributed by atoms with Crippen LogP contribution in [-0.2, 0) is 26.2 Å². The molecule has 0 aliphatic rings. The minimum atomic E-state index is -3.83. The highest BCUT2D eigenvalue weighted by molar-refractivity contribution is 7.92. The van der Waals surface area contributed by atoms with Crippen LogP contribution in [0.3, 0.4) is 0 Å². The van der Waals surface area contributed by atoms with Gasteiger partial charge in [0.25, 0.3) is 0 Å². The van der Waals surface area contributed by atoms with E-state index in [-0.39, 0.29) is 12.5 Å². The normalized spacial score (nSPS) is 12.1. The summed E-state index contributed by atoms with van der Waals surface area (Å²) >= 11 is 6.12. The number of nitrogens with one attached hydrogen (secondary N) is 1. The summed E-state index contributed by atoms with van der Waals surface area (Å²) in [7, 11) is -2.28. The Balaban J connectivity index is 2.41. The first-order chi connectivity index (χ1) is 16.5. The van der Waals surface area contributed by atoms with Crippen LogP contribution in [0, 0.1) is 6.92 Å². The van der Waals surface area contributed by atoms with E-state index in [0.717, 1.165) is 29.0 Å². The van der Waals surface area contributed by atoms with Crippen LogP contribution in [0.5, 0.6) is 5.75 Å². The summed E-state index contributed by atoms with van der Waals surface area (Å²) in [6, 6.07) is 11.2. The van der Waals surface area contributed by atoms with Gasteiger partial charge in [0.2, 0.25) is 21.8 Å². The summed E-state index contributed by atoms with van der Waals surface area (Å²) in [4.78, 5) is 27.8. The molecule has 2 amide bonds. The number of hydrogen-bond acceptors (Lipinski definition) is 5. The number of ether oxygens (including phenoxy) is 1. The number of carbonyl (C=O) groups is 2. The van der Waals surface area contributed by atoms with Crippen molar-refractivity contribution in [2.24, 2.45) is 0 Å². The summed E-state index contributed by atoms with van der Waals surface area (Å²) in [6.07, 6.45) is 2.77. The third kappa shape index (κ3) is 8.14. The van der Waals surface area contributed by atoms with Gasteiger partial charge in [-0.15, -0.1) is 0 Å². The molecule has 1 N–H and O–H groups in total. The SMILES string of the molecule is CCCCNC(=O)[C@@H](C)N(Cc1cccc(OC)c1)C(=O)CN(c1cc(Cl)ccc1C)S(C)(=O)=O. The number of benzene rings is 2. The second-order valence-electron chi connectivity index (χ2n) is 8.39. The molecule has 10 heteroatoms. The maximum Gasteiger partial charge on any atom is 0.244 e. The van der Waals surface area contributed by atoms with Crippen LogP contribution < -0.4 is 14.4 Å². The number of sulfonamides is 1. The molecule has 0 bridgehead atoms. The second kappa shape index (κ2) is 12.8. The van der Waals surface area contributed by atoms with Crippen LogP contribution in [0.4, 0.5) is 5.69 Å². The molecule has 0 aromatic heterocycles. The molecule has 0 saturated heterocycles. The van der Waals surface area contributed by atoms with Crippen LogP contribution in [0.25, 0.3) is 0 Å². The first-order valence-electron chi connectivity index (χ1n) is 11.4. The minimum Gasteiger partial charge on any atom is -0.497 e. The largest absolute Gasteiger partial charge is 0.497 e. The topological polar surface area (TPSA) is 96.0 Å². The molecule has 0 heterocycles. The van der Waals surface area contributed by atoms with Crippen LogP contribution in [-0.4, -0.2) is 57.6 Å². The molecule has 0 aliphatic carbocycles. The fraction of sp³-hybridized carbons (Fsp3) is 0.440. The summed E-state index contributed by atoms with van der Waals surface area (Å²) in [5, 5.41) is 3.20. The van der Waals surface area contributed by atoms with Gasteiger partial charge >= 0.3 is 0 Å². The lowest BCUT2D eigenvalue weighted by Gasteiger charge is -2.32. The monoisotopic (exact) mass is 523 g/mol. The minimum absolute atomic E-state index is 0.102. The van der Waals surface area contributed by atoms with Crippen molar-refractivity contribution in [1.82, 2.24) is 10.2 Å². The van der Waals surface area contributed by atoms with Crippen LogP contribution in [0.1, 0.15) is 37.8 Å². The molecular formula is C25H34ClN3O5S. The van der Waals surface area contributed by atoms with E-state index in [0.29, 0.717) is 28.6 Å². The van der Waals surface area contributed by atoms with Gasteiger partial charge in [0.05, 0.1) is 19.1 Å². The van der Waals surface area contributed by atoms with Gasteiger partial charge in [-0.05, 0) is 55.7 Å². The summed E-state index contributed by atoms with van der Waals surface area (Å²) in [5.41, 5.74) is 1.71. The number of amides is 2. The van der Waals surface area contributed by atoms with E-state index in [1.165, 1.54) is 11.0 Å². The number of unbranched alkanes of at least 4 members (excludes halogenated alkanes) is 1. The third-order valence-electron chi connectivity index (χ3n) is 5.60. The van der Waals surface area contributed by atoms with Gasteiger partial charge in [0, 0.05) is 18.1 Å². The van der Waals surface area contributed by atoms with Crippen molar-refractivity contribution >= 4 is 39.1 Å². The lowest BCUT2D eigenvalue weighted by Crippen LogP contribution is -2.51. The number of carbonyl (C=O) groups excluding carboxylic acids is 2. The highest BCUT2D eigenvalue weighted by Gasteiger charge is 2.30. The van der Waals surface area contributed by atoms with E-state index in [4.69, 9.17) is 16.3 Å². The fourth-order valence-corrected chi connectivity index (χ4v) is 4.60. The van der Waals surface area contributed by atoms with E-state index in [1.807, 2.05) is 13.0 Å². The van der Waals surface area contributed by atoms with Crippen molar-refractivity contribution in [2.45, 2.75) is 46.2 Å². The average Bonchev–Trinajstić information content (AvgIpc) is 2.81. The van der Waals surface area contributed by atoms with Crippen LogP contribution in [0.2, 0.25) is 5.02 Å². The fourth-order valence-electron chi connectivity index (χ4n) is 3.53. The Bertz CT molecular complexity index is 1140. The molecular weight excluding hydrogens is 490 g/mol. The summed E-state index contributed by atoms with van der Waals surface area (Å²) in [6.45, 7) is 5.52. The van der Waals surface area contributed by atoms with Crippen molar-refractivity contribution in [1.29, 1.82) is 0 Å². The first-order valence-corrected chi connectivity index (χ1v) is 13.6. The molecule has 0 aliphatic heterocycles. The van der Waals surface area contributed by atoms with Crippen LogP contribution in [0.15, 0.2) is 42.5 Å². The number of anilines is 1. The zero-order chi connectivity index (χ0) is 26.2. The maximum atomic E-state index is 13.6. The van der Waals surface area contributed by atoms with Gasteiger partial charge in [0.15, 0.2) is 0 Å². The second-order valence-corrected chi connectivity index (χ2v) is 10.7. The average molecular weight is 524 g/mol. The predicted molar refractivity (Wildman–Crippen MR) is 139 cm³/mol.